The molecule has 2 amide bonds. The summed E-state index contributed by atoms with van der Waals surface area (Å²) in [4.78, 5) is 22.9. The lowest BCUT2D eigenvalue weighted by Crippen LogP contribution is -2.43. The maximum Gasteiger partial charge on any atom is 0.239 e. The summed E-state index contributed by atoms with van der Waals surface area (Å²) >= 11 is 0. The number of hydrogen-bond donors (Lipinski definition) is 3. The summed E-state index contributed by atoms with van der Waals surface area (Å²) < 4.78 is 0. The van der Waals surface area contributed by atoms with Crippen LogP contribution < -0.4 is 16.0 Å². The van der Waals surface area contributed by atoms with Gasteiger partial charge in [0, 0.05) is 23.3 Å². The quantitative estimate of drug-likeness (QED) is 0.774. The Bertz CT molecular complexity index is 461. The number of nitrogens with one attached hydrogen (secondary N) is 3. The molecule has 0 aliphatic heterocycles. The fourth-order valence-corrected chi connectivity index (χ4v) is 1.57. The second-order valence-corrected chi connectivity index (χ2v) is 5.63. The summed E-state index contributed by atoms with van der Waals surface area (Å²) in [5, 5.41) is 8.68. The fourth-order valence-electron chi connectivity index (χ4n) is 1.57. The van der Waals surface area contributed by atoms with Crippen molar-refractivity contribution >= 4 is 23.2 Å². The molecular weight excluding hydrogens is 254 g/mol. The molecule has 0 saturated carbocycles. The number of anilines is 2. The van der Waals surface area contributed by atoms with E-state index in [9.17, 15) is 9.59 Å². The van der Waals surface area contributed by atoms with Crippen molar-refractivity contribution in [3.8, 4) is 0 Å². The lowest BCUT2D eigenvalue weighted by atomic mass is 10.1. The second-order valence-electron chi connectivity index (χ2n) is 5.63. The van der Waals surface area contributed by atoms with Gasteiger partial charge in [-0.15, -0.1) is 0 Å². The van der Waals surface area contributed by atoms with Gasteiger partial charge in [0.15, 0.2) is 0 Å². The van der Waals surface area contributed by atoms with Gasteiger partial charge in [0.25, 0.3) is 0 Å². The first-order chi connectivity index (χ1) is 9.30. The highest BCUT2D eigenvalue weighted by molar-refractivity contribution is 5.90. The Morgan fingerprint density at radius 1 is 1.00 bits per heavy atom. The van der Waals surface area contributed by atoms with Crippen LogP contribution in [0.1, 0.15) is 34.1 Å². The first kappa shape index (κ1) is 16.0. The third-order valence-corrected chi connectivity index (χ3v) is 2.46. The standard InChI is InChI=1S/C15H23N3O2/c1-5-13(19)17-12-8-6-11(7-9-12)16-10-14(20)18-15(2,3)4/h6-9,16H,5,10H2,1-4H3,(H,17,19)(H,18,20). The van der Waals surface area contributed by atoms with Crippen molar-refractivity contribution in [1.82, 2.24) is 5.32 Å². The fraction of sp³-hybridized carbons (Fsp3) is 0.467. The van der Waals surface area contributed by atoms with Gasteiger partial charge in [0.2, 0.25) is 11.8 Å². The lowest BCUT2D eigenvalue weighted by Gasteiger charge is -2.20. The van der Waals surface area contributed by atoms with E-state index in [2.05, 4.69) is 16.0 Å². The highest BCUT2D eigenvalue weighted by atomic mass is 16.2. The molecule has 0 saturated heterocycles. The van der Waals surface area contributed by atoms with Crippen LogP contribution in [0.3, 0.4) is 0 Å². The molecule has 0 aliphatic rings. The first-order valence-corrected chi connectivity index (χ1v) is 6.75. The Morgan fingerprint density at radius 2 is 1.55 bits per heavy atom. The molecule has 0 unspecified atom stereocenters. The molecule has 0 heterocycles. The summed E-state index contributed by atoms with van der Waals surface area (Å²) in [7, 11) is 0. The van der Waals surface area contributed by atoms with Gasteiger partial charge in [-0.2, -0.15) is 0 Å². The zero-order valence-electron chi connectivity index (χ0n) is 12.5. The molecule has 0 aromatic heterocycles. The van der Waals surface area contributed by atoms with Gasteiger partial charge >= 0.3 is 0 Å². The molecule has 0 aliphatic carbocycles. The van der Waals surface area contributed by atoms with E-state index in [0.29, 0.717) is 6.42 Å². The predicted octanol–water partition coefficient (Wildman–Crippen LogP) is 2.36. The number of carbonyl (C=O) groups excluding carboxylic acids is 2. The zero-order valence-corrected chi connectivity index (χ0v) is 12.5. The minimum Gasteiger partial charge on any atom is -0.376 e. The molecule has 1 aromatic carbocycles. The van der Waals surface area contributed by atoms with Crippen molar-refractivity contribution < 1.29 is 9.59 Å². The normalized spacial score (nSPS) is 10.8. The molecule has 110 valence electrons. The molecule has 20 heavy (non-hydrogen) atoms. The van der Waals surface area contributed by atoms with Crippen LogP contribution in [0.2, 0.25) is 0 Å². The van der Waals surface area contributed by atoms with Crippen LogP contribution in [0.4, 0.5) is 11.4 Å². The summed E-state index contributed by atoms with van der Waals surface area (Å²) in [6.45, 7) is 7.85. The van der Waals surface area contributed by atoms with Gasteiger partial charge in [-0.25, -0.2) is 0 Å². The minimum atomic E-state index is -0.229. The van der Waals surface area contributed by atoms with Crippen LogP contribution in [0.15, 0.2) is 24.3 Å². The lowest BCUT2D eigenvalue weighted by molar-refractivity contribution is -0.120. The van der Waals surface area contributed by atoms with Gasteiger partial charge < -0.3 is 16.0 Å². The van der Waals surface area contributed by atoms with E-state index in [4.69, 9.17) is 0 Å². The van der Waals surface area contributed by atoms with Crippen molar-refractivity contribution in [2.24, 2.45) is 0 Å². The van der Waals surface area contributed by atoms with Crippen molar-refractivity contribution in [3.63, 3.8) is 0 Å². The average molecular weight is 277 g/mol. The van der Waals surface area contributed by atoms with Gasteiger partial charge in [-0.1, -0.05) is 6.92 Å². The summed E-state index contributed by atoms with van der Waals surface area (Å²) in [5.74, 6) is -0.0730. The van der Waals surface area contributed by atoms with Crippen molar-refractivity contribution in [1.29, 1.82) is 0 Å². The first-order valence-electron chi connectivity index (χ1n) is 6.75. The van der Waals surface area contributed by atoms with E-state index in [1.165, 1.54) is 0 Å². The topological polar surface area (TPSA) is 70.2 Å². The van der Waals surface area contributed by atoms with Crippen molar-refractivity contribution in [2.75, 3.05) is 17.2 Å². The van der Waals surface area contributed by atoms with E-state index in [0.717, 1.165) is 11.4 Å². The number of benzene rings is 1. The molecule has 0 spiro atoms. The number of amides is 2. The highest BCUT2D eigenvalue weighted by Crippen LogP contribution is 2.13. The molecule has 5 heteroatoms. The van der Waals surface area contributed by atoms with Gasteiger partial charge in [-0.3, -0.25) is 9.59 Å². The van der Waals surface area contributed by atoms with Gasteiger partial charge in [0.05, 0.1) is 6.54 Å². The zero-order chi connectivity index (χ0) is 15.2. The van der Waals surface area contributed by atoms with Gasteiger partial charge in [-0.05, 0) is 45.0 Å². The summed E-state index contributed by atoms with van der Waals surface area (Å²) in [6.07, 6.45) is 0.451. The van der Waals surface area contributed by atoms with Crippen LogP contribution >= 0.6 is 0 Å². The minimum absolute atomic E-state index is 0.0183. The molecule has 0 radical (unpaired) electrons. The number of rotatable bonds is 5. The molecule has 0 bridgehead atoms. The molecule has 1 aromatic rings. The van der Waals surface area contributed by atoms with E-state index in [-0.39, 0.29) is 23.9 Å². The summed E-state index contributed by atoms with van der Waals surface area (Å²) in [6, 6.07) is 7.26. The molecule has 5 nitrogen and oxygen atoms in total. The second kappa shape index (κ2) is 6.93. The van der Waals surface area contributed by atoms with E-state index in [1.54, 1.807) is 19.1 Å². The SMILES string of the molecule is CCC(=O)Nc1ccc(NCC(=O)NC(C)(C)C)cc1. The molecule has 0 fully saturated rings. The van der Waals surface area contributed by atoms with Crippen LogP contribution in [0, 0.1) is 0 Å². The largest absolute Gasteiger partial charge is 0.376 e. The van der Waals surface area contributed by atoms with E-state index >= 15 is 0 Å². The maximum atomic E-state index is 11.7. The van der Waals surface area contributed by atoms with Crippen molar-refractivity contribution in [3.05, 3.63) is 24.3 Å². The Kier molecular flexibility index (Phi) is 5.55. The third kappa shape index (κ3) is 6.22. The van der Waals surface area contributed by atoms with Crippen LogP contribution in [0.25, 0.3) is 0 Å². The smallest absolute Gasteiger partial charge is 0.239 e. The van der Waals surface area contributed by atoms with Gasteiger partial charge in [0.1, 0.15) is 0 Å². The predicted molar refractivity (Wildman–Crippen MR) is 81.7 cm³/mol. The Hall–Kier alpha value is -2.04. The summed E-state index contributed by atoms with van der Waals surface area (Å²) in [5.41, 5.74) is 1.36. The Balaban J connectivity index is 2.46. The van der Waals surface area contributed by atoms with E-state index in [1.807, 2.05) is 32.9 Å². The van der Waals surface area contributed by atoms with Crippen LogP contribution in [-0.2, 0) is 9.59 Å². The van der Waals surface area contributed by atoms with E-state index < -0.39 is 0 Å². The van der Waals surface area contributed by atoms with Crippen molar-refractivity contribution in [2.45, 2.75) is 39.7 Å². The highest BCUT2D eigenvalue weighted by Gasteiger charge is 2.12. The molecule has 3 N–H and O–H groups in total. The number of hydrogen-bond acceptors (Lipinski definition) is 3. The molecule has 0 atom stereocenters. The van der Waals surface area contributed by atoms with Crippen LogP contribution in [0.5, 0.6) is 0 Å². The molecular formula is C15H23N3O2. The maximum absolute atomic E-state index is 11.7. The third-order valence-electron chi connectivity index (χ3n) is 2.46. The monoisotopic (exact) mass is 277 g/mol. The molecule has 1 rings (SSSR count). The Morgan fingerprint density at radius 3 is 2.05 bits per heavy atom. The number of carbonyl (C=O) groups is 2. The average Bonchev–Trinajstić information content (AvgIpc) is 2.36. The van der Waals surface area contributed by atoms with Crippen LogP contribution in [-0.4, -0.2) is 23.9 Å². The Labute approximate surface area is 120 Å².